The average molecular weight is 208 g/mol. The lowest BCUT2D eigenvalue weighted by Crippen LogP contribution is -2.44. The zero-order valence-corrected chi connectivity index (χ0v) is 9.58. The van der Waals surface area contributed by atoms with E-state index in [0.29, 0.717) is 6.04 Å². The van der Waals surface area contributed by atoms with E-state index in [-0.39, 0.29) is 0 Å². The number of aryl methyl sites for hydroxylation is 1. The fourth-order valence-electron chi connectivity index (χ4n) is 2.04. The fourth-order valence-corrected chi connectivity index (χ4v) is 2.04. The first-order chi connectivity index (χ1) is 7.31. The maximum Gasteiger partial charge on any atom is 0.202 e. The van der Waals surface area contributed by atoms with Crippen molar-refractivity contribution in [2.75, 3.05) is 25.0 Å². The maximum absolute atomic E-state index is 4.40. The zero-order chi connectivity index (χ0) is 10.7. The van der Waals surface area contributed by atoms with Gasteiger partial charge >= 0.3 is 0 Å². The number of hydrogen-bond acceptors (Lipinski definition) is 3. The number of likely N-dealkylation sites (N-methyl/N-ethyl adjacent to an activating group) is 1. The van der Waals surface area contributed by atoms with Crippen molar-refractivity contribution in [3.8, 4) is 0 Å². The molecule has 84 valence electrons. The highest BCUT2D eigenvalue weighted by molar-refractivity contribution is 5.32. The molecule has 1 atom stereocenters. The molecule has 0 aliphatic carbocycles. The van der Waals surface area contributed by atoms with Gasteiger partial charge in [0.1, 0.15) is 0 Å². The highest BCUT2D eigenvalue weighted by Gasteiger charge is 2.19. The molecule has 0 spiro atoms. The van der Waals surface area contributed by atoms with Crippen LogP contribution in [0.25, 0.3) is 0 Å². The van der Waals surface area contributed by atoms with E-state index < -0.39 is 0 Å². The van der Waals surface area contributed by atoms with Gasteiger partial charge in [0.25, 0.3) is 0 Å². The van der Waals surface area contributed by atoms with Gasteiger partial charge in [-0.1, -0.05) is 6.92 Å². The van der Waals surface area contributed by atoms with Crippen molar-refractivity contribution in [2.45, 2.75) is 32.2 Å². The second-order valence-electron chi connectivity index (χ2n) is 4.20. The number of rotatable bonds is 3. The molecule has 15 heavy (non-hydrogen) atoms. The lowest BCUT2D eigenvalue weighted by molar-refractivity contribution is 0.442. The minimum atomic E-state index is 0.578. The smallest absolute Gasteiger partial charge is 0.202 e. The number of hydrogen-bond donors (Lipinski definition) is 2. The quantitative estimate of drug-likeness (QED) is 0.783. The molecule has 2 rings (SSSR count). The van der Waals surface area contributed by atoms with Crippen LogP contribution in [0.15, 0.2) is 6.20 Å². The van der Waals surface area contributed by atoms with Crippen molar-refractivity contribution in [2.24, 2.45) is 0 Å². The van der Waals surface area contributed by atoms with Gasteiger partial charge in [-0.05, 0) is 25.8 Å². The summed E-state index contributed by atoms with van der Waals surface area (Å²) in [6.07, 6.45) is 5.47. The van der Waals surface area contributed by atoms with Crippen LogP contribution in [0, 0.1) is 0 Å². The number of nitrogens with one attached hydrogen (secondary N) is 2. The molecule has 2 heterocycles. The number of piperidine rings is 1. The highest BCUT2D eigenvalue weighted by Crippen LogP contribution is 2.15. The summed E-state index contributed by atoms with van der Waals surface area (Å²) in [4.78, 5) is 10.0. The molecule has 1 unspecified atom stereocenters. The summed E-state index contributed by atoms with van der Waals surface area (Å²) in [5.41, 5.74) is 1.21. The fraction of sp³-hybridized carbons (Fsp3) is 0.727. The molecular formula is C11H20N4. The van der Waals surface area contributed by atoms with Crippen LogP contribution in [-0.4, -0.2) is 36.1 Å². The first kappa shape index (κ1) is 10.5. The Labute approximate surface area is 91.1 Å². The Morgan fingerprint density at radius 2 is 2.47 bits per heavy atom. The molecule has 0 radical (unpaired) electrons. The van der Waals surface area contributed by atoms with Gasteiger partial charge in [0.2, 0.25) is 5.95 Å². The monoisotopic (exact) mass is 208 g/mol. The van der Waals surface area contributed by atoms with Crippen LogP contribution in [0.5, 0.6) is 0 Å². The third-order valence-corrected chi connectivity index (χ3v) is 3.15. The van der Waals surface area contributed by atoms with E-state index >= 15 is 0 Å². The van der Waals surface area contributed by atoms with E-state index in [0.717, 1.165) is 25.5 Å². The van der Waals surface area contributed by atoms with Gasteiger partial charge in [0.05, 0.1) is 6.20 Å². The molecular weight excluding hydrogens is 188 g/mol. The Bertz CT molecular complexity index is 301. The summed E-state index contributed by atoms with van der Waals surface area (Å²) in [6.45, 7) is 4.36. The van der Waals surface area contributed by atoms with Gasteiger partial charge in [-0.15, -0.1) is 0 Å². The number of imidazole rings is 1. The van der Waals surface area contributed by atoms with Gasteiger partial charge in [0.15, 0.2) is 0 Å². The molecule has 0 amide bonds. The number of anilines is 1. The summed E-state index contributed by atoms with van der Waals surface area (Å²) >= 11 is 0. The van der Waals surface area contributed by atoms with Crippen molar-refractivity contribution in [3.05, 3.63) is 11.9 Å². The third-order valence-electron chi connectivity index (χ3n) is 3.15. The molecule has 1 aliphatic heterocycles. The molecule has 1 aliphatic rings. The Balaban J connectivity index is 2.02. The summed E-state index contributed by atoms with van der Waals surface area (Å²) in [7, 11) is 2.12. The van der Waals surface area contributed by atoms with E-state index in [1.54, 1.807) is 0 Å². The summed E-state index contributed by atoms with van der Waals surface area (Å²) in [5, 5.41) is 3.42. The van der Waals surface area contributed by atoms with Gasteiger partial charge < -0.3 is 15.2 Å². The Hall–Kier alpha value is -1.03. The largest absolute Gasteiger partial charge is 0.341 e. The lowest BCUT2D eigenvalue weighted by atomic mass is 10.1. The molecule has 1 aromatic rings. The standard InChI is InChI=1S/C11H20N4/c1-3-9-7-13-11(14-9)15(2)10-5-4-6-12-8-10/h7,10,12H,3-6,8H2,1-2H3,(H,13,14). The normalized spacial score (nSPS) is 21.6. The molecule has 4 nitrogen and oxygen atoms in total. The molecule has 1 aromatic heterocycles. The molecule has 4 heteroatoms. The first-order valence-corrected chi connectivity index (χ1v) is 5.78. The summed E-state index contributed by atoms with van der Waals surface area (Å²) < 4.78 is 0. The van der Waals surface area contributed by atoms with Crippen molar-refractivity contribution in [3.63, 3.8) is 0 Å². The van der Waals surface area contributed by atoms with Crippen LogP contribution >= 0.6 is 0 Å². The van der Waals surface area contributed by atoms with Crippen molar-refractivity contribution in [1.82, 2.24) is 15.3 Å². The lowest BCUT2D eigenvalue weighted by Gasteiger charge is -2.31. The maximum atomic E-state index is 4.40. The number of aromatic amines is 1. The van der Waals surface area contributed by atoms with E-state index in [4.69, 9.17) is 0 Å². The molecule has 0 aromatic carbocycles. The molecule has 0 saturated carbocycles. The number of aromatic nitrogens is 2. The van der Waals surface area contributed by atoms with Crippen LogP contribution in [0.3, 0.4) is 0 Å². The molecule has 1 fully saturated rings. The van der Waals surface area contributed by atoms with Crippen molar-refractivity contribution >= 4 is 5.95 Å². The molecule has 2 N–H and O–H groups in total. The van der Waals surface area contributed by atoms with E-state index in [2.05, 4.69) is 34.2 Å². The Morgan fingerprint density at radius 3 is 3.07 bits per heavy atom. The topological polar surface area (TPSA) is 44.0 Å². The van der Waals surface area contributed by atoms with Gasteiger partial charge in [0, 0.05) is 25.3 Å². The summed E-state index contributed by atoms with van der Waals surface area (Å²) in [5.74, 6) is 1.00. The first-order valence-electron chi connectivity index (χ1n) is 5.78. The molecule has 1 saturated heterocycles. The van der Waals surface area contributed by atoms with E-state index in [1.807, 2.05) is 6.20 Å². The van der Waals surface area contributed by atoms with Gasteiger partial charge in [-0.3, -0.25) is 0 Å². The van der Waals surface area contributed by atoms with Crippen LogP contribution in [0.4, 0.5) is 5.95 Å². The Kier molecular flexibility index (Phi) is 3.26. The van der Waals surface area contributed by atoms with Crippen molar-refractivity contribution < 1.29 is 0 Å². The van der Waals surface area contributed by atoms with Gasteiger partial charge in [-0.25, -0.2) is 4.98 Å². The molecule has 0 bridgehead atoms. The Morgan fingerprint density at radius 1 is 1.60 bits per heavy atom. The minimum Gasteiger partial charge on any atom is -0.341 e. The van der Waals surface area contributed by atoms with Crippen molar-refractivity contribution in [1.29, 1.82) is 0 Å². The highest BCUT2D eigenvalue weighted by atomic mass is 15.3. The van der Waals surface area contributed by atoms with Gasteiger partial charge in [-0.2, -0.15) is 0 Å². The van der Waals surface area contributed by atoms with Crippen LogP contribution < -0.4 is 10.2 Å². The zero-order valence-electron chi connectivity index (χ0n) is 9.58. The third kappa shape index (κ3) is 2.31. The minimum absolute atomic E-state index is 0.578. The van der Waals surface area contributed by atoms with Crippen LogP contribution in [0.1, 0.15) is 25.5 Å². The van der Waals surface area contributed by atoms with E-state index in [1.165, 1.54) is 18.5 Å². The van der Waals surface area contributed by atoms with Crippen LogP contribution in [0.2, 0.25) is 0 Å². The van der Waals surface area contributed by atoms with Crippen LogP contribution in [-0.2, 0) is 6.42 Å². The average Bonchev–Trinajstić information content (AvgIpc) is 2.78. The second kappa shape index (κ2) is 4.66. The SMILES string of the molecule is CCc1cnc(N(C)C2CCCNC2)[nH]1. The predicted molar refractivity (Wildman–Crippen MR) is 62.3 cm³/mol. The second-order valence-corrected chi connectivity index (χ2v) is 4.20. The van der Waals surface area contributed by atoms with E-state index in [9.17, 15) is 0 Å². The predicted octanol–water partition coefficient (Wildman–Crippen LogP) is 1.16. The number of nitrogens with zero attached hydrogens (tertiary/aromatic N) is 2. The number of H-pyrrole nitrogens is 1. The summed E-state index contributed by atoms with van der Waals surface area (Å²) in [6, 6.07) is 0.578.